The Labute approximate surface area is 102 Å². The maximum absolute atomic E-state index is 11.7. The number of benzene rings is 1. The molecule has 1 aromatic carbocycles. The monoisotopic (exact) mass is 236 g/mol. The highest BCUT2D eigenvalue weighted by Gasteiger charge is 2.06. The van der Waals surface area contributed by atoms with Gasteiger partial charge in [0, 0.05) is 12.1 Å². The molecule has 0 spiro atoms. The molecule has 1 amide bonds. The highest BCUT2D eigenvalue weighted by Crippen LogP contribution is 2.17. The van der Waals surface area contributed by atoms with Crippen LogP contribution in [0.2, 0.25) is 0 Å². The van der Waals surface area contributed by atoms with Crippen molar-refractivity contribution in [1.29, 1.82) is 0 Å². The summed E-state index contributed by atoms with van der Waals surface area (Å²) in [5.41, 5.74) is 1.27. The lowest BCUT2D eigenvalue weighted by Gasteiger charge is -2.10. The average Bonchev–Trinajstić information content (AvgIpc) is 2.27. The first-order valence-electron chi connectivity index (χ1n) is 5.73. The lowest BCUT2D eigenvalue weighted by Crippen LogP contribution is -2.27. The van der Waals surface area contributed by atoms with Crippen LogP contribution < -0.4 is 5.32 Å². The third-order valence-electron chi connectivity index (χ3n) is 2.54. The van der Waals surface area contributed by atoms with Gasteiger partial charge in [0.15, 0.2) is 0 Å². The van der Waals surface area contributed by atoms with Crippen molar-refractivity contribution in [3.63, 3.8) is 0 Å². The van der Waals surface area contributed by atoms with E-state index in [0.717, 1.165) is 18.5 Å². The molecule has 0 saturated heterocycles. The number of nitrogens with zero attached hydrogens (tertiary/aromatic N) is 1. The first-order valence-corrected chi connectivity index (χ1v) is 5.73. The van der Waals surface area contributed by atoms with Crippen LogP contribution in [0, 0.1) is 6.92 Å². The smallest absolute Gasteiger partial charge is 0.251 e. The Morgan fingerprint density at radius 3 is 2.71 bits per heavy atom. The molecular weight excluding hydrogens is 216 g/mol. The molecule has 0 aliphatic heterocycles. The lowest BCUT2D eigenvalue weighted by atomic mass is 10.1. The molecule has 0 bridgehead atoms. The topological polar surface area (TPSA) is 52.6 Å². The van der Waals surface area contributed by atoms with Crippen LogP contribution in [-0.2, 0) is 0 Å². The first kappa shape index (κ1) is 13.5. The molecule has 0 heterocycles. The van der Waals surface area contributed by atoms with Crippen molar-refractivity contribution < 1.29 is 9.90 Å². The maximum Gasteiger partial charge on any atom is 0.251 e. The number of phenolic OH excluding ortho intramolecular Hbond substituents is 1. The second-order valence-electron chi connectivity index (χ2n) is 4.41. The third-order valence-corrected chi connectivity index (χ3v) is 2.54. The highest BCUT2D eigenvalue weighted by atomic mass is 16.3. The number of phenols is 1. The summed E-state index contributed by atoms with van der Waals surface area (Å²) in [4.78, 5) is 13.8. The van der Waals surface area contributed by atoms with Crippen LogP contribution in [0.15, 0.2) is 18.2 Å². The molecule has 4 heteroatoms. The Bertz CT molecular complexity index is 389. The normalized spacial score (nSPS) is 10.6. The molecule has 0 aromatic heterocycles. The Balaban J connectivity index is 2.44. The molecule has 0 aliphatic rings. The van der Waals surface area contributed by atoms with Crippen molar-refractivity contribution in [2.45, 2.75) is 13.3 Å². The van der Waals surface area contributed by atoms with E-state index in [4.69, 9.17) is 0 Å². The number of carbonyl (C=O) groups excluding carboxylic acids is 1. The summed E-state index contributed by atoms with van der Waals surface area (Å²) in [5.74, 6) is 0.0185. The summed E-state index contributed by atoms with van der Waals surface area (Å²) in [6, 6.07) is 4.96. The summed E-state index contributed by atoms with van der Waals surface area (Å²) in [5, 5.41) is 12.3. The molecule has 0 atom stereocenters. The fourth-order valence-corrected chi connectivity index (χ4v) is 1.45. The summed E-state index contributed by atoms with van der Waals surface area (Å²) >= 11 is 0. The number of hydrogen-bond acceptors (Lipinski definition) is 3. The van der Waals surface area contributed by atoms with Crippen molar-refractivity contribution in [2.24, 2.45) is 0 Å². The Hall–Kier alpha value is -1.55. The summed E-state index contributed by atoms with van der Waals surface area (Å²) in [6.07, 6.45) is 0.913. The van der Waals surface area contributed by atoms with Gasteiger partial charge in [0.05, 0.1) is 0 Å². The number of amides is 1. The molecule has 17 heavy (non-hydrogen) atoms. The van der Waals surface area contributed by atoms with E-state index in [1.54, 1.807) is 19.1 Å². The van der Waals surface area contributed by atoms with E-state index in [9.17, 15) is 9.90 Å². The number of hydrogen-bond donors (Lipinski definition) is 2. The van der Waals surface area contributed by atoms with Crippen LogP contribution in [0.25, 0.3) is 0 Å². The zero-order chi connectivity index (χ0) is 12.8. The van der Waals surface area contributed by atoms with Crippen molar-refractivity contribution in [3.05, 3.63) is 29.3 Å². The van der Waals surface area contributed by atoms with E-state index in [2.05, 4.69) is 10.2 Å². The number of rotatable bonds is 5. The van der Waals surface area contributed by atoms with Gasteiger partial charge in [0.2, 0.25) is 0 Å². The number of nitrogens with one attached hydrogen (secondary N) is 1. The summed E-state index contributed by atoms with van der Waals surface area (Å²) in [7, 11) is 4.00. The standard InChI is InChI=1S/C13H20N2O2/c1-10-5-6-11(9-12(10)16)13(17)14-7-4-8-15(2)3/h5-6,9,16H,4,7-8H2,1-3H3,(H,14,17). The van der Waals surface area contributed by atoms with Gasteiger partial charge in [0.25, 0.3) is 5.91 Å². The zero-order valence-corrected chi connectivity index (χ0v) is 10.7. The molecule has 0 radical (unpaired) electrons. The van der Waals surface area contributed by atoms with Crippen molar-refractivity contribution in [3.8, 4) is 5.75 Å². The van der Waals surface area contributed by atoms with Crippen LogP contribution in [-0.4, -0.2) is 43.1 Å². The first-order chi connectivity index (χ1) is 8.00. The van der Waals surface area contributed by atoms with E-state index in [0.29, 0.717) is 12.1 Å². The van der Waals surface area contributed by atoms with E-state index < -0.39 is 0 Å². The maximum atomic E-state index is 11.7. The molecule has 0 aliphatic carbocycles. The molecule has 0 unspecified atom stereocenters. The Kier molecular flexibility index (Phi) is 4.97. The van der Waals surface area contributed by atoms with Gasteiger partial charge < -0.3 is 15.3 Å². The van der Waals surface area contributed by atoms with Crippen molar-refractivity contribution in [2.75, 3.05) is 27.2 Å². The molecule has 94 valence electrons. The SMILES string of the molecule is Cc1ccc(C(=O)NCCCN(C)C)cc1O. The highest BCUT2D eigenvalue weighted by molar-refractivity contribution is 5.94. The molecule has 2 N–H and O–H groups in total. The number of aryl methyl sites for hydroxylation is 1. The van der Waals surface area contributed by atoms with E-state index in [1.165, 1.54) is 6.07 Å². The predicted molar refractivity (Wildman–Crippen MR) is 68.3 cm³/mol. The Morgan fingerprint density at radius 2 is 2.12 bits per heavy atom. The van der Waals surface area contributed by atoms with Gasteiger partial charge >= 0.3 is 0 Å². The minimum absolute atomic E-state index is 0.140. The van der Waals surface area contributed by atoms with E-state index >= 15 is 0 Å². The van der Waals surface area contributed by atoms with Gasteiger partial charge in [-0.2, -0.15) is 0 Å². The minimum Gasteiger partial charge on any atom is -0.508 e. The molecular formula is C13H20N2O2. The molecule has 1 rings (SSSR count). The van der Waals surface area contributed by atoms with Crippen LogP contribution in [0.5, 0.6) is 5.75 Å². The van der Waals surface area contributed by atoms with Crippen molar-refractivity contribution >= 4 is 5.91 Å². The van der Waals surface area contributed by atoms with Gasteiger partial charge in [0.1, 0.15) is 5.75 Å². The molecule has 0 saturated carbocycles. The van der Waals surface area contributed by atoms with Gasteiger partial charge in [-0.15, -0.1) is 0 Å². The van der Waals surface area contributed by atoms with Crippen LogP contribution >= 0.6 is 0 Å². The van der Waals surface area contributed by atoms with E-state index in [1.807, 2.05) is 14.1 Å². The Morgan fingerprint density at radius 1 is 1.41 bits per heavy atom. The van der Waals surface area contributed by atoms with Crippen LogP contribution in [0.1, 0.15) is 22.3 Å². The molecule has 4 nitrogen and oxygen atoms in total. The molecule has 1 aromatic rings. The van der Waals surface area contributed by atoms with Gasteiger partial charge in [-0.3, -0.25) is 4.79 Å². The summed E-state index contributed by atoms with van der Waals surface area (Å²) in [6.45, 7) is 3.39. The molecule has 0 fully saturated rings. The predicted octanol–water partition coefficient (Wildman–Crippen LogP) is 1.38. The fraction of sp³-hybridized carbons (Fsp3) is 0.462. The third kappa shape index (κ3) is 4.44. The summed E-state index contributed by atoms with van der Waals surface area (Å²) < 4.78 is 0. The zero-order valence-electron chi connectivity index (χ0n) is 10.7. The largest absolute Gasteiger partial charge is 0.508 e. The van der Waals surface area contributed by atoms with Crippen LogP contribution in [0.3, 0.4) is 0 Å². The van der Waals surface area contributed by atoms with Crippen molar-refractivity contribution in [1.82, 2.24) is 10.2 Å². The second-order valence-corrected chi connectivity index (χ2v) is 4.41. The number of aromatic hydroxyl groups is 1. The lowest BCUT2D eigenvalue weighted by molar-refractivity contribution is 0.0952. The second kappa shape index (κ2) is 6.25. The quantitative estimate of drug-likeness (QED) is 0.759. The van der Waals surface area contributed by atoms with Gasteiger partial charge in [-0.1, -0.05) is 6.07 Å². The van der Waals surface area contributed by atoms with Gasteiger partial charge in [-0.05, 0) is 51.7 Å². The minimum atomic E-state index is -0.140. The van der Waals surface area contributed by atoms with Gasteiger partial charge in [-0.25, -0.2) is 0 Å². The number of carbonyl (C=O) groups is 1. The fourth-order valence-electron chi connectivity index (χ4n) is 1.45. The van der Waals surface area contributed by atoms with E-state index in [-0.39, 0.29) is 11.7 Å². The average molecular weight is 236 g/mol. The van der Waals surface area contributed by atoms with Crippen LogP contribution in [0.4, 0.5) is 0 Å².